The number of aromatic nitrogens is 3. The van der Waals surface area contributed by atoms with Crippen molar-refractivity contribution in [1.82, 2.24) is 14.8 Å². The van der Waals surface area contributed by atoms with Gasteiger partial charge in [-0.1, -0.05) is 5.92 Å². The molecule has 20 heavy (non-hydrogen) atoms. The lowest BCUT2D eigenvalue weighted by molar-refractivity contribution is 0.627. The predicted octanol–water partition coefficient (Wildman–Crippen LogP) is 2.81. The molecule has 0 amide bonds. The third-order valence-corrected chi connectivity index (χ3v) is 2.68. The highest BCUT2D eigenvalue weighted by Crippen LogP contribution is 2.08. The highest BCUT2D eigenvalue weighted by Gasteiger charge is 1.99. The zero-order valence-corrected chi connectivity index (χ0v) is 10.5. The Morgan fingerprint density at radius 3 is 2.60 bits per heavy atom. The molecule has 96 valence electrons. The Labute approximate surface area is 115 Å². The molecule has 0 aliphatic heterocycles. The van der Waals surface area contributed by atoms with Crippen LogP contribution in [0.5, 0.6) is 0 Å². The van der Waals surface area contributed by atoms with E-state index in [9.17, 15) is 4.39 Å². The van der Waals surface area contributed by atoms with Gasteiger partial charge in [0.2, 0.25) is 0 Å². The van der Waals surface area contributed by atoms with E-state index in [1.54, 1.807) is 35.4 Å². The van der Waals surface area contributed by atoms with Crippen molar-refractivity contribution in [2.75, 3.05) is 0 Å². The zero-order valence-electron chi connectivity index (χ0n) is 10.5. The van der Waals surface area contributed by atoms with Crippen LogP contribution in [0.4, 0.5) is 4.39 Å². The summed E-state index contributed by atoms with van der Waals surface area (Å²) in [5, 5.41) is 4.33. The molecule has 2 heterocycles. The Kier molecular flexibility index (Phi) is 3.25. The summed E-state index contributed by atoms with van der Waals surface area (Å²) >= 11 is 0. The van der Waals surface area contributed by atoms with Gasteiger partial charge in [-0.3, -0.25) is 4.98 Å². The van der Waals surface area contributed by atoms with Crippen LogP contribution in [0, 0.1) is 17.7 Å². The number of rotatable bonds is 1. The number of hydrogen-bond acceptors (Lipinski definition) is 2. The summed E-state index contributed by atoms with van der Waals surface area (Å²) in [6, 6.07) is 11.7. The molecule has 1 aromatic carbocycles. The minimum Gasteiger partial charge on any atom is -0.263 e. The van der Waals surface area contributed by atoms with E-state index in [4.69, 9.17) is 0 Å². The summed E-state index contributed by atoms with van der Waals surface area (Å²) in [5.41, 5.74) is 2.28. The van der Waals surface area contributed by atoms with Gasteiger partial charge in [-0.2, -0.15) is 5.10 Å². The number of pyridine rings is 1. The maximum atomic E-state index is 12.9. The first-order chi connectivity index (χ1) is 9.81. The maximum Gasteiger partial charge on any atom is 0.136 e. The van der Waals surface area contributed by atoms with E-state index in [0.717, 1.165) is 11.3 Å². The quantitative estimate of drug-likeness (QED) is 0.632. The fourth-order valence-electron chi connectivity index (χ4n) is 1.70. The third kappa shape index (κ3) is 2.73. The summed E-state index contributed by atoms with van der Waals surface area (Å²) in [4.78, 5) is 3.99. The number of hydrogen-bond donors (Lipinski definition) is 0. The number of benzene rings is 1. The highest BCUT2D eigenvalue weighted by molar-refractivity contribution is 5.39. The highest BCUT2D eigenvalue weighted by atomic mass is 19.1. The van der Waals surface area contributed by atoms with Gasteiger partial charge in [-0.25, -0.2) is 9.07 Å². The van der Waals surface area contributed by atoms with E-state index < -0.39 is 0 Å². The van der Waals surface area contributed by atoms with Gasteiger partial charge in [0.1, 0.15) is 11.5 Å². The monoisotopic (exact) mass is 263 g/mol. The topological polar surface area (TPSA) is 30.7 Å². The van der Waals surface area contributed by atoms with E-state index in [2.05, 4.69) is 21.9 Å². The van der Waals surface area contributed by atoms with Crippen molar-refractivity contribution in [2.45, 2.75) is 0 Å². The van der Waals surface area contributed by atoms with E-state index >= 15 is 0 Å². The molecule has 0 unspecified atom stereocenters. The normalized spacial score (nSPS) is 9.85. The van der Waals surface area contributed by atoms with Gasteiger partial charge in [-0.15, -0.1) is 0 Å². The van der Waals surface area contributed by atoms with Gasteiger partial charge < -0.3 is 0 Å². The minimum atomic E-state index is -0.266. The minimum absolute atomic E-state index is 0.266. The molecule has 0 atom stereocenters. The van der Waals surface area contributed by atoms with Crippen molar-refractivity contribution in [3.05, 3.63) is 78.1 Å². The fourth-order valence-corrected chi connectivity index (χ4v) is 1.70. The first kappa shape index (κ1) is 12.1. The smallest absolute Gasteiger partial charge is 0.136 e. The van der Waals surface area contributed by atoms with Crippen LogP contribution in [0.1, 0.15) is 11.3 Å². The van der Waals surface area contributed by atoms with Crippen LogP contribution in [-0.4, -0.2) is 14.8 Å². The second-order valence-corrected chi connectivity index (χ2v) is 4.11. The van der Waals surface area contributed by atoms with Gasteiger partial charge in [0, 0.05) is 24.2 Å². The molecule has 3 rings (SSSR count). The third-order valence-electron chi connectivity index (χ3n) is 2.68. The molecule has 0 saturated heterocycles. The van der Waals surface area contributed by atoms with Crippen LogP contribution >= 0.6 is 0 Å². The van der Waals surface area contributed by atoms with Crippen molar-refractivity contribution < 1.29 is 4.39 Å². The van der Waals surface area contributed by atoms with Crippen LogP contribution in [0.15, 0.2) is 61.1 Å². The Balaban J connectivity index is 1.84. The molecule has 0 fully saturated rings. The second kappa shape index (κ2) is 5.37. The Hall–Kier alpha value is -2.93. The second-order valence-electron chi connectivity index (χ2n) is 4.11. The zero-order chi connectivity index (χ0) is 13.8. The lowest BCUT2D eigenvalue weighted by atomic mass is 10.3. The van der Waals surface area contributed by atoms with Crippen molar-refractivity contribution >= 4 is 0 Å². The van der Waals surface area contributed by atoms with Gasteiger partial charge in [-0.05, 0) is 48.4 Å². The Morgan fingerprint density at radius 1 is 1.00 bits per heavy atom. The fraction of sp³-hybridized carbons (Fsp3) is 0. The van der Waals surface area contributed by atoms with E-state index in [-0.39, 0.29) is 5.82 Å². The van der Waals surface area contributed by atoms with Crippen LogP contribution in [-0.2, 0) is 0 Å². The van der Waals surface area contributed by atoms with Gasteiger partial charge in [0.15, 0.2) is 0 Å². The van der Waals surface area contributed by atoms with Crippen LogP contribution in [0.25, 0.3) is 5.69 Å². The van der Waals surface area contributed by atoms with Gasteiger partial charge >= 0.3 is 0 Å². The predicted molar refractivity (Wildman–Crippen MR) is 73.7 cm³/mol. The molecule has 3 aromatic rings. The van der Waals surface area contributed by atoms with Crippen molar-refractivity contribution in [1.29, 1.82) is 0 Å². The molecule has 0 saturated carbocycles. The largest absolute Gasteiger partial charge is 0.263 e. The first-order valence-electron chi connectivity index (χ1n) is 6.05. The summed E-state index contributed by atoms with van der Waals surface area (Å²) in [5.74, 6) is 5.69. The molecule has 3 nitrogen and oxygen atoms in total. The van der Waals surface area contributed by atoms with Crippen LogP contribution < -0.4 is 0 Å². The van der Waals surface area contributed by atoms with Crippen molar-refractivity contribution in [3.8, 4) is 17.5 Å². The lowest BCUT2D eigenvalue weighted by Gasteiger charge is -1.99. The standard InChI is InChI=1S/C16H10FN3/c17-14-4-7-16(8-5-14)20-11-9-15(19-20)6-3-13-2-1-10-18-12-13/h1-2,4-5,7-12H. The summed E-state index contributed by atoms with van der Waals surface area (Å²) in [7, 11) is 0. The van der Waals surface area contributed by atoms with Crippen molar-refractivity contribution in [3.63, 3.8) is 0 Å². The number of halogens is 1. The molecule has 0 radical (unpaired) electrons. The Bertz CT molecular complexity index is 765. The molecule has 0 aliphatic carbocycles. The first-order valence-corrected chi connectivity index (χ1v) is 6.05. The molecule has 0 bridgehead atoms. The molecule has 0 N–H and O–H groups in total. The van der Waals surface area contributed by atoms with Crippen molar-refractivity contribution in [2.24, 2.45) is 0 Å². The molecule has 4 heteroatoms. The maximum absolute atomic E-state index is 12.9. The average Bonchev–Trinajstić information content (AvgIpc) is 2.96. The average molecular weight is 263 g/mol. The van der Waals surface area contributed by atoms with Crippen LogP contribution in [0.3, 0.4) is 0 Å². The lowest BCUT2D eigenvalue weighted by Crippen LogP contribution is -1.94. The van der Waals surface area contributed by atoms with Gasteiger partial charge in [0.05, 0.1) is 5.69 Å². The molecular weight excluding hydrogens is 253 g/mol. The molecular formula is C16H10FN3. The van der Waals surface area contributed by atoms with E-state index in [1.807, 2.05) is 18.2 Å². The van der Waals surface area contributed by atoms with Crippen LogP contribution in [0.2, 0.25) is 0 Å². The van der Waals surface area contributed by atoms with Gasteiger partial charge in [0.25, 0.3) is 0 Å². The molecule has 0 aliphatic rings. The summed E-state index contributed by atoms with van der Waals surface area (Å²) in [6.07, 6.45) is 5.19. The number of nitrogens with zero attached hydrogens (tertiary/aromatic N) is 3. The SMILES string of the molecule is Fc1ccc(-n2ccc(C#Cc3cccnc3)n2)cc1. The molecule has 0 spiro atoms. The Morgan fingerprint density at radius 2 is 1.85 bits per heavy atom. The summed E-state index contributed by atoms with van der Waals surface area (Å²) < 4.78 is 14.5. The van der Waals surface area contributed by atoms with E-state index in [1.165, 1.54) is 12.1 Å². The molecule has 2 aromatic heterocycles. The summed E-state index contributed by atoms with van der Waals surface area (Å²) in [6.45, 7) is 0. The van der Waals surface area contributed by atoms with E-state index in [0.29, 0.717) is 5.69 Å².